The zero-order chi connectivity index (χ0) is 10.4. The minimum Gasteiger partial charge on any atom is -0.393 e. The van der Waals surface area contributed by atoms with Gasteiger partial charge in [0.15, 0.2) is 0 Å². The van der Waals surface area contributed by atoms with Crippen LogP contribution in [0.1, 0.15) is 37.5 Å². The van der Waals surface area contributed by atoms with Crippen LogP contribution in [0.25, 0.3) is 0 Å². The van der Waals surface area contributed by atoms with Crippen LogP contribution in [0.3, 0.4) is 0 Å². The van der Waals surface area contributed by atoms with Gasteiger partial charge in [-0.1, -0.05) is 26.2 Å². The first kappa shape index (κ1) is 12.2. The van der Waals surface area contributed by atoms with Gasteiger partial charge in [0.1, 0.15) is 0 Å². The second kappa shape index (κ2) is 6.59. The number of unbranched alkanes of at least 4 members (excludes halogenated alkanes) is 2. The SMILES string of the molecule is CCCCCC(O)Cc1ccc(Br)s1. The second-order valence-electron chi connectivity index (χ2n) is 3.56. The minimum atomic E-state index is -0.160. The van der Waals surface area contributed by atoms with Crippen LogP contribution in [0.15, 0.2) is 15.9 Å². The molecule has 1 atom stereocenters. The highest BCUT2D eigenvalue weighted by atomic mass is 79.9. The molecule has 1 aromatic heterocycles. The van der Waals surface area contributed by atoms with Crippen molar-refractivity contribution >= 4 is 27.3 Å². The van der Waals surface area contributed by atoms with E-state index in [9.17, 15) is 5.11 Å². The molecule has 1 heterocycles. The summed E-state index contributed by atoms with van der Waals surface area (Å²) < 4.78 is 1.15. The molecule has 0 aliphatic rings. The van der Waals surface area contributed by atoms with E-state index in [-0.39, 0.29) is 6.10 Å². The molecule has 0 amide bonds. The maximum absolute atomic E-state index is 9.73. The smallest absolute Gasteiger partial charge is 0.0701 e. The Morgan fingerprint density at radius 1 is 1.43 bits per heavy atom. The molecule has 1 N–H and O–H groups in total. The molecule has 0 aromatic carbocycles. The molecule has 0 spiro atoms. The molecule has 0 saturated carbocycles. The highest BCUT2D eigenvalue weighted by molar-refractivity contribution is 9.11. The van der Waals surface area contributed by atoms with E-state index in [1.807, 2.05) is 6.07 Å². The second-order valence-corrected chi connectivity index (χ2v) is 6.11. The molecule has 0 fully saturated rings. The third kappa shape index (κ3) is 4.58. The Morgan fingerprint density at radius 3 is 2.79 bits per heavy atom. The van der Waals surface area contributed by atoms with Crippen molar-refractivity contribution in [2.24, 2.45) is 0 Å². The average Bonchev–Trinajstić information content (AvgIpc) is 2.52. The van der Waals surface area contributed by atoms with Crippen LogP contribution < -0.4 is 0 Å². The predicted molar refractivity (Wildman–Crippen MR) is 65.9 cm³/mol. The van der Waals surface area contributed by atoms with Gasteiger partial charge in [0.2, 0.25) is 0 Å². The number of halogens is 1. The molecule has 14 heavy (non-hydrogen) atoms. The quantitative estimate of drug-likeness (QED) is 0.779. The van der Waals surface area contributed by atoms with E-state index < -0.39 is 0 Å². The topological polar surface area (TPSA) is 20.2 Å². The fourth-order valence-corrected chi connectivity index (χ4v) is 2.98. The van der Waals surface area contributed by atoms with Gasteiger partial charge in [0.25, 0.3) is 0 Å². The van der Waals surface area contributed by atoms with Crippen molar-refractivity contribution in [3.8, 4) is 0 Å². The predicted octanol–water partition coefficient (Wildman–Crippen LogP) is 3.99. The lowest BCUT2D eigenvalue weighted by Crippen LogP contribution is -2.08. The standard InChI is InChI=1S/C11H17BrOS/c1-2-3-4-5-9(13)8-10-6-7-11(12)14-10/h6-7,9,13H,2-5,8H2,1H3. The van der Waals surface area contributed by atoms with Gasteiger partial charge in [-0.3, -0.25) is 0 Å². The molecular formula is C11H17BrOS. The summed E-state index contributed by atoms with van der Waals surface area (Å²) in [6, 6.07) is 4.12. The normalized spacial score (nSPS) is 13.1. The first-order valence-electron chi connectivity index (χ1n) is 5.14. The van der Waals surface area contributed by atoms with Gasteiger partial charge in [0.05, 0.1) is 9.89 Å². The summed E-state index contributed by atoms with van der Waals surface area (Å²) in [4.78, 5) is 1.26. The molecule has 0 saturated heterocycles. The molecule has 1 rings (SSSR count). The maximum Gasteiger partial charge on any atom is 0.0701 e. The monoisotopic (exact) mass is 276 g/mol. The van der Waals surface area contributed by atoms with Crippen molar-refractivity contribution in [1.29, 1.82) is 0 Å². The van der Waals surface area contributed by atoms with E-state index in [4.69, 9.17) is 0 Å². The summed E-state index contributed by atoms with van der Waals surface area (Å²) in [6.07, 6.45) is 5.17. The van der Waals surface area contributed by atoms with Gasteiger partial charge < -0.3 is 5.11 Å². The summed E-state index contributed by atoms with van der Waals surface area (Å²) in [7, 11) is 0. The van der Waals surface area contributed by atoms with Gasteiger partial charge in [-0.15, -0.1) is 11.3 Å². The molecule has 1 aromatic rings. The van der Waals surface area contributed by atoms with Crippen molar-refractivity contribution in [1.82, 2.24) is 0 Å². The van der Waals surface area contributed by atoms with E-state index in [1.165, 1.54) is 17.7 Å². The summed E-state index contributed by atoms with van der Waals surface area (Å²) >= 11 is 5.13. The van der Waals surface area contributed by atoms with Crippen molar-refractivity contribution in [2.45, 2.75) is 45.1 Å². The highest BCUT2D eigenvalue weighted by Gasteiger charge is 2.06. The van der Waals surface area contributed by atoms with Crippen molar-refractivity contribution < 1.29 is 5.11 Å². The molecule has 0 aliphatic carbocycles. The van der Waals surface area contributed by atoms with E-state index in [1.54, 1.807) is 11.3 Å². The van der Waals surface area contributed by atoms with Crippen molar-refractivity contribution in [3.05, 3.63) is 20.8 Å². The zero-order valence-corrected chi connectivity index (χ0v) is 10.9. The van der Waals surface area contributed by atoms with E-state index in [0.29, 0.717) is 0 Å². The zero-order valence-electron chi connectivity index (χ0n) is 8.50. The average molecular weight is 277 g/mol. The highest BCUT2D eigenvalue weighted by Crippen LogP contribution is 2.23. The minimum absolute atomic E-state index is 0.160. The molecule has 80 valence electrons. The van der Waals surface area contributed by atoms with Gasteiger partial charge in [0, 0.05) is 11.3 Å². The molecule has 1 unspecified atom stereocenters. The van der Waals surface area contributed by atoms with Crippen molar-refractivity contribution in [3.63, 3.8) is 0 Å². The number of hydrogen-bond donors (Lipinski definition) is 1. The maximum atomic E-state index is 9.73. The van der Waals surface area contributed by atoms with Crippen LogP contribution in [0.2, 0.25) is 0 Å². The Bertz CT molecular complexity index is 260. The summed E-state index contributed by atoms with van der Waals surface area (Å²) in [6.45, 7) is 2.18. The first-order chi connectivity index (χ1) is 6.72. The lowest BCUT2D eigenvalue weighted by atomic mass is 10.1. The Kier molecular flexibility index (Phi) is 5.75. The fraction of sp³-hybridized carbons (Fsp3) is 0.636. The molecule has 0 aliphatic heterocycles. The van der Waals surface area contributed by atoms with Gasteiger partial charge in [-0.25, -0.2) is 0 Å². The van der Waals surface area contributed by atoms with Crippen LogP contribution >= 0.6 is 27.3 Å². The third-order valence-electron chi connectivity index (χ3n) is 2.21. The van der Waals surface area contributed by atoms with Crippen molar-refractivity contribution in [2.75, 3.05) is 0 Å². The van der Waals surface area contributed by atoms with E-state index >= 15 is 0 Å². The Morgan fingerprint density at radius 2 is 2.21 bits per heavy atom. The number of hydrogen-bond acceptors (Lipinski definition) is 2. The molecule has 0 radical (unpaired) electrons. The molecular weight excluding hydrogens is 260 g/mol. The van der Waals surface area contributed by atoms with E-state index in [2.05, 4.69) is 28.9 Å². The lowest BCUT2D eigenvalue weighted by molar-refractivity contribution is 0.162. The van der Waals surface area contributed by atoms with E-state index in [0.717, 1.165) is 23.0 Å². The summed E-state index contributed by atoms with van der Waals surface area (Å²) in [5, 5.41) is 9.73. The summed E-state index contributed by atoms with van der Waals surface area (Å²) in [5.74, 6) is 0. The Labute approximate surface area is 98.3 Å². The lowest BCUT2D eigenvalue weighted by Gasteiger charge is -2.07. The molecule has 1 nitrogen and oxygen atoms in total. The van der Waals surface area contributed by atoms with Crippen LogP contribution in [0.5, 0.6) is 0 Å². The third-order valence-corrected chi connectivity index (χ3v) is 3.85. The molecule has 3 heteroatoms. The van der Waals surface area contributed by atoms with Crippen LogP contribution in [0.4, 0.5) is 0 Å². The van der Waals surface area contributed by atoms with Gasteiger partial charge in [-0.05, 0) is 34.5 Å². The summed E-state index contributed by atoms with van der Waals surface area (Å²) in [5.41, 5.74) is 0. The fourth-order valence-electron chi connectivity index (χ4n) is 1.43. The number of thiophene rings is 1. The van der Waals surface area contributed by atoms with Crippen LogP contribution in [-0.4, -0.2) is 11.2 Å². The molecule has 0 bridgehead atoms. The largest absolute Gasteiger partial charge is 0.393 e. The van der Waals surface area contributed by atoms with Gasteiger partial charge >= 0.3 is 0 Å². The number of aliphatic hydroxyl groups excluding tert-OH is 1. The number of rotatable bonds is 6. The Hall–Kier alpha value is 0.140. The first-order valence-corrected chi connectivity index (χ1v) is 6.75. The number of aliphatic hydroxyl groups is 1. The Balaban J connectivity index is 2.23. The van der Waals surface area contributed by atoms with Crippen LogP contribution in [-0.2, 0) is 6.42 Å². The van der Waals surface area contributed by atoms with Crippen LogP contribution in [0, 0.1) is 0 Å². The van der Waals surface area contributed by atoms with Gasteiger partial charge in [-0.2, -0.15) is 0 Å².